The van der Waals surface area contributed by atoms with Crippen LogP contribution in [0, 0.1) is 5.92 Å². The molecule has 1 saturated carbocycles. The SMILES string of the molecule is NC1CCCCC1CN1CCCC1CCCO. The molecule has 17 heavy (non-hydrogen) atoms. The van der Waals surface area contributed by atoms with E-state index >= 15 is 0 Å². The standard InChI is InChI=1S/C14H28N2O/c15-14-8-2-1-5-12(14)11-16-9-3-6-13(16)7-4-10-17/h12-14,17H,1-11,15H2. The lowest BCUT2D eigenvalue weighted by atomic mass is 9.84. The maximum Gasteiger partial charge on any atom is 0.0431 e. The molecule has 0 bridgehead atoms. The van der Waals surface area contributed by atoms with Gasteiger partial charge in [-0.05, 0) is 51.0 Å². The molecule has 1 aliphatic carbocycles. The highest BCUT2D eigenvalue weighted by molar-refractivity contribution is 4.85. The van der Waals surface area contributed by atoms with Crippen molar-refractivity contribution in [2.75, 3.05) is 19.7 Å². The predicted octanol–water partition coefficient (Wildman–Crippen LogP) is 1.74. The Balaban J connectivity index is 1.79. The van der Waals surface area contributed by atoms with Crippen molar-refractivity contribution in [1.29, 1.82) is 0 Å². The summed E-state index contributed by atoms with van der Waals surface area (Å²) in [6.45, 7) is 2.80. The number of hydrogen-bond acceptors (Lipinski definition) is 3. The van der Waals surface area contributed by atoms with Crippen molar-refractivity contribution in [3.8, 4) is 0 Å². The zero-order valence-electron chi connectivity index (χ0n) is 11.0. The van der Waals surface area contributed by atoms with Crippen molar-refractivity contribution in [2.24, 2.45) is 11.7 Å². The van der Waals surface area contributed by atoms with Crippen molar-refractivity contribution in [3.05, 3.63) is 0 Å². The molecule has 3 unspecified atom stereocenters. The van der Waals surface area contributed by atoms with Gasteiger partial charge < -0.3 is 15.7 Å². The molecule has 3 nitrogen and oxygen atoms in total. The van der Waals surface area contributed by atoms with Crippen LogP contribution in [0.15, 0.2) is 0 Å². The number of aliphatic hydroxyl groups excluding tert-OH is 1. The van der Waals surface area contributed by atoms with Crippen LogP contribution in [0.5, 0.6) is 0 Å². The summed E-state index contributed by atoms with van der Waals surface area (Å²) in [6, 6.07) is 1.15. The van der Waals surface area contributed by atoms with E-state index in [0.29, 0.717) is 12.6 Å². The minimum atomic E-state index is 0.341. The van der Waals surface area contributed by atoms with Crippen LogP contribution in [0.25, 0.3) is 0 Å². The lowest BCUT2D eigenvalue weighted by Gasteiger charge is -2.34. The summed E-state index contributed by atoms with van der Waals surface area (Å²) in [6.07, 6.45) is 10.0. The van der Waals surface area contributed by atoms with E-state index in [1.165, 1.54) is 58.0 Å². The van der Waals surface area contributed by atoms with Crippen LogP contribution in [0.1, 0.15) is 51.4 Å². The molecule has 1 heterocycles. The first kappa shape index (κ1) is 13.3. The molecule has 0 amide bonds. The number of hydrogen-bond donors (Lipinski definition) is 2. The summed E-state index contributed by atoms with van der Waals surface area (Å²) >= 11 is 0. The maximum absolute atomic E-state index is 8.94. The lowest BCUT2D eigenvalue weighted by molar-refractivity contribution is 0.160. The largest absolute Gasteiger partial charge is 0.396 e. The molecule has 2 fully saturated rings. The van der Waals surface area contributed by atoms with Gasteiger partial charge in [-0.1, -0.05) is 12.8 Å². The van der Waals surface area contributed by atoms with Crippen molar-refractivity contribution in [1.82, 2.24) is 4.90 Å². The van der Waals surface area contributed by atoms with Gasteiger partial charge in [0.1, 0.15) is 0 Å². The summed E-state index contributed by atoms with van der Waals surface area (Å²) in [4.78, 5) is 2.64. The zero-order valence-corrected chi connectivity index (χ0v) is 11.0. The number of nitrogens with zero attached hydrogens (tertiary/aromatic N) is 1. The first-order valence-corrected chi connectivity index (χ1v) is 7.41. The highest BCUT2D eigenvalue weighted by atomic mass is 16.2. The van der Waals surface area contributed by atoms with E-state index in [1.54, 1.807) is 0 Å². The second-order valence-corrected chi connectivity index (χ2v) is 5.87. The normalized spacial score (nSPS) is 35.3. The molecule has 2 aliphatic rings. The molecule has 0 aromatic heterocycles. The van der Waals surface area contributed by atoms with Crippen LogP contribution in [-0.4, -0.2) is 41.8 Å². The summed E-state index contributed by atoms with van der Waals surface area (Å²) < 4.78 is 0. The Morgan fingerprint density at radius 1 is 1.12 bits per heavy atom. The Labute approximate surface area is 105 Å². The molecule has 3 atom stereocenters. The van der Waals surface area contributed by atoms with Crippen LogP contribution < -0.4 is 5.73 Å². The van der Waals surface area contributed by atoms with E-state index in [-0.39, 0.29) is 0 Å². The molecule has 3 N–H and O–H groups in total. The van der Waals surface area contributed by atoms with Gasteiger partial charge in [-0.25, -0.2) is 0 Å². The smallest absolute Gasteiger partial charge is 0.0431 e. The first-order valence-electron chi connectivity index (χ1n) is 7.41. The highest BCUT2D eigenvalue weighted by Crippen LogP contribution is 2.28. The third-order valence-electron chi connectivity index (χ3n) is 4.63. The third kappa shape index (κ3) is 3.67. The van der Waals surface area contributed by atoms with Crippen molar-refractivity contribution < 1.29 is 5.11 Å². The molecule has 0 aromatic rings. The highest BCUT2D eigenvalue weighted by Gasteiger charge is 2.29. The van der Waals surface area contributed by atoms with E-state index < -0.39 is 0 Å². The van der Waals surface area contributed by atoms with Gasteiger partial charge in [-0.3, -0.25) is 0 Å². The van der Waals surface area contributed by atoms with Gasteiger partial charge in [0.2, 0.25) is 0 Å². The Morgan fingerprint density at radius 2 is 1.94 bits per heavy atom. The van der Waals surface area contributed by atoms with E-state index in [0.717, 1.165) is 18.4 Å². The fourth-order valence-electron chi connectivity index (χ4n) is 3.55. The molecule has 100 valence electrons. The average Bonchev–Trinajstić information content (AvgIpc) is 2.77. The number of aliphatic hydroxyl groups is 1. The molecule has 3 heteroatoms. The molecule has 0 radical (unpaired) electrons. The molecule has 2 rings (SSSR count). The zero-order chi connectivity index (χ0) is 12.1. The van der Waals surface area contributed by atoms with Crippen LogP contribution in [-0.2, 0) is 0 Å². The van der Waals surface area contributed by atoms with Crippen LogP contribution >= 0.6 is 0 Å². The fourth-order valence-corrected chi connectivity index (χ4v) is 3.55. The molecule has 0 spiro atoms. The fraction of sp³-hybridized carbons (Fsp3) is 1.00. The number of nitrogens with two attached hydrogens (primary N) is 1. The van der Waals surface area contributed by atoms with Crippen molar-refractivity contribution >= 4 is 0 Å². The quantitative estimate of drug-likeness (QED) is 0.769. The Bertz CT molecular complexity index is 222. The van der Waals surface area contributed by atoms with Crippen molar-refractivity contribution in [2.45, 2.75) is 63.5 Å². The van der Waals surface area contributed by atoms with Gasteiger partial charge >= 0.3 is 0 Å². The first-order chi connectivity index (χ1) is 8.31. The summed E-state index contributed by atoms with van der Waals surface area (Å²) in [5.41, 5.74) is 6.24. The second-order valence-electron chi connectivity index (χ2n) is 5.87. The van der Waals surface area contributed by atoms with Crippen LogP contribution in [0.3, 0.4) is 0 Å². The van der Waals surface area contributed by atoms with Gasteiger partial charge in [0.05, 0.1) is 0 Å². The Morgan fingerprint density at radius 3 is 2.71 bits per heavy atom. The van der Waals surface area contributed by atoms with Crippen LogP contribution in [0.4, 0.5) is 0 Å². The van der Waals surface area contributed by atoms with E-state index in [9.17, 15) is 0 Å². The summed E-state index contributed by atoms with van der Waals surface area (Å²) in [7, 11) is 0. The maximum atomic E-state index is 8.94. The summed E-state index contributed by atoms with van der Waals surface area (Å²) in [5, 5.41) is 8.94. The van der Waals surface area contributed by atoms with Gasteiger partial charge in [0.25, 0.3) is 0 Å². The van der Waals surface area contributed by atoms with Gasteiger partial charge in [0.15, 0.2) is 0 Å². The third-order valence-corrected chi connectivity index (χ3v) is 4.63. The Kier molecular flexibility index (Phi) is 5.26. The molecule has 1 saturated heterocycles. The average molecular weight is 240 g/mol. The minimum Gasteiger partial charge on any atom is -0.396 e. The lowest BCUT2D eigenvalue weighted by Crippen LogP contribution is -2.42. The Hall–Kier alpha value is -0.120. The predicted molar refractivity (Wildman–Crippen MR) is 70.8 cm³/mol. The van der Waals surface area contributed by atoms with Crippen molar-refractivity contribution in [3.63, 3.8) is 0 Å². The van der Waals surface area contributed by atoms with Gasteiger partial charge in [-0.2, -0.15) is 0 Å². The number of likely N-dealkylation sites (tertiary alicyclic amines) is 1. The van der Waals surface area contributed by atoms with Gasteiger partial charge in [-0.15, -0.1) is 0 Å². The molecule has 1 aliphatic heterocycles. The van der Waals surface area contributed by atoms with Gasteiger partial charge in [0, 0.05) is 25.2 Å². The van der Waals surface area contributed by atoms with E-state index in [4.69, 9.17) is 10.8 Å². The topological polar surface area (TPSA) is 49.5 Å². The van der Waals surface area contributed by atoms with E-state index in [1.807, 2.05) is 0 Å². The molecular weight excluding hydrogens is 212 g/mol. The monoisotopic (exact) mass is 240 g/mol. The second kappa shape index (κ2) is 6.72. The number of rotatable bonds is 5. The van der Waals surface area contributed by atoms with Crippen LogP contribution in [0.2, 0.25) is 0 Å². The molecular formula is C14H28N2O. The van der Waals surface area contributed by atoms with E-state index in [2.05, 4.69) is 4.90 Å². The minimum absolute atomic E-state index is 0.341. The molecule has 0 aromatic carbocycles. The summed E-state index contributed by atoms with van der Waals surface area (Å²) in [5.74, 6) is 0.721.